The molecule has 30 heavy (non-hydrogen) atoms. The monoisotopic (exact) mass is 408 g/mol. The molecule has 3 heterocycles. The van der Waals surface area contributed by atoms with Crippen molar-refractivity contribution in [3.05, 3.63) is 70.2 Å². The van der Waals surface area contributed by atoms with Gasteiger partial charge in [0, 0.05) is 54.7 Å². The zero-order chi connectivity index (χ0) is 21.6. The summed E-state index contributed by atoms with van der Waals surface area (Å²) in [5, 5.41) is 9.61. The van der Waals surface area contributed by atoms with E-state index < -0.39 is 0 Å². The number of carbonyl (C=O) groups excluding carboxylic acids is 1. The first-order valence-corrected chi connectivity index (χ1v) is 9.79. The number of nitrogens with zero attached hydrogens (tertiary/aromatic N) is 5. The smallest absolute Gasteiger partial charge is 0.274 e. The number of aromatic nitrogens is 5. The maximum absolute atomic E-state index is 13.8. The fourth-order valence-corrected chi connectivity index (χ4v) is 3.75. The Morgan fingerprint density at radius 2 is 1.87 bits per heavy atom. The summed E-state index contributed by atoms with van der Waals surface area (Å²) in [6.45, 7) is 6.56. The van der Waals surface area contributed by atoms with Crippen LogP contribution >= 0.6 is 0 Å². The highest BCUT2D eigenvalue weighted by Gasteiger charge is 2.23. The van der Waals surface area contributed by atoms with Crippen molar-refractivity contribution < 1.29 is 9.18 Å². The molecule has 0 atom stereocenters. The Labute approximate surface area is 174 Å². The lowest BCUT2D eigenvalue weighted by atomic mass is 10.1. The quantitative estimate of drug-likeness (QED) is 0.549. The van der Waals surface area contributed by atoms with Crippen LogP contribution in [0, 0.1) is 26.6 Å². The molecule has 8 heteroatoms. The molecule has 0 saturated carbocycles. The third-order valence-electron chi connectivity index (χ3n) is 5.72. The topological polar surface area (TPSA) is 71.7 Å². The number of amides is 1. The fourth-order valence-electron chi connectivity index (χ4n) is 3.75. The van der Waals surface area contributed by atoms with Crippen molar-refractivity contribution in [1.82, 2.24) is 29.4 Å². The van der Waals surface area contributed by atoms with Crippen LogP contribution in [0.25, 0.3) is 10.9 Å². The van der Waals surface area contributed by atoms with Crippen LogP contribution in [0.4, 0.5) is 4.39 Å². The minimum atomic E-state index is -0.305. The van der Waals surface area contributed by atoms with E-state index in [1.165, 1.54) is 12.1 Å². The lowest BCUT2D eigenvalue weighted by molar-refractivity contribution is 0.0723. The third-order valence-corrected chi connectivity index (χ3v) is 5.72. The van der Waals surface area contributed by atoms with E-state index in [0.29, 0.717) is 18.8 Å². The molecule has 4 aromatic rings. The van der Waals surface area contributed by atoms with Gasteiger partial charge in [-0.3, -0.25) is 14.2 Å². The molecule has 0 fully saturated rings. The zero-order valence-corrected chi connectivity index (χ0v) is 17.8. The molecule has 0 unspecified atom stereocenters. The highest BCUT2D eigenvalue weighted by atomic mass is 19.1. The third kappa shape index (κ3) is 3.49. The van der Waals surface area contributed by atoms with Gasteiger partial charge in [-0.2, -0.15) is 10.2 Å². The number of hydrogen-bond donors (Lipinski definition) is 1. The van der Waals surface area contributed by atoms with Crippen molar-refractivity contribution in [1.29, 1.82) is 0 Å². The number of benzene rings is 1. The summed E-state index contributed by atoms with van der Waals surface area (Å²) in [4.78, 5) is 18.3. The van der Waals surface area contributed by atoms with E-state index in [9.17, 15) is 9.18 Å². The van der Waals surface area contributed by atoms with Gasteiger partial charge in [0.1, 0.15) is 5.82 Å². The van der Waals surface area contributed by atoms with E-state index in [1.54, 1.807) is 21.7 Å². The minimum Gasteiger partial charge on any atom is -0.361 e. The van der Waals surface area contributed by atoms with Crippen molar-refractivity contribution in [2.45, 2.75) is 33.9 Å². The largest absolute Gasteiger partial charge is 0.361 e. The van der Waals surface area contributed by atoms with Crippen LogP contribution in [-0.4, -0.2) is 35.4 Å². The molecular formula is C22H25FN6O. The van der Waals surface area contributed by atoms with E-state index in [4.69, 9.17) is 0 Å². The normalized spacial score (nSPS) is 11.4. The van der Waals surface area contributed by atoms with Gasteiger partial charge in [-0.1, -0.05) is 0 Å². The Balaban J connectivity index is 1.74. The Morgan fingerprint density at radius 3 is 2.50 bits per heavy atom. The van der Waals surface area contributed by atoms with Gasteiger partial charge in [-0.25, -0.2) is 4.39 Å². The summed E-state index contributed by atoms with van der Waals surface area (Å²) >= 11 is 0. The Kier molecular flexibility index (Phi) is 4.93. The van der Waals surface area contributed by atoms with Crippen molar-refractivity contribution in [2.75, 3.05) is 0 Å². The summed E-state index contributed by atoms with van der Waals surface area (Å²) in [6, 6.07) is 6.41. The van der Waals surface area contributed by atoms with Gasteiger partial charge in [-0.15, -0.1) is 0 Å². The van der Waals surface area contributed by atoms with Crippen molar-refractivity contribution in [2.24, 2.45) is 14.1 Å². The summed E-state index contributed by atoms with van der Waals surface area (Å²) in [6.07, 6.45) is 1.83. The van der Waals surface area contributed by atoms with Gasteiger partial charge >= 0.3 is 0 Å². The summed E-state index contributed by atoms with van der Waals surface area (Å²) in [7, 11) is 3.71. The summed E-state index contributed by atoms with van der Waals surface area (Å²) < 4.78 is 17.3. The average molecular weight is 408 g/mol. The molecule has 7 nitrogen and oxygen atoms in total. The number of aryl methyl sites for hydroxylation is 4. The molecular weight excluding hydrogens is 383 g/mol. The maximum Gasteiger partial charge on any atom is 0.274 e. The second-order valence-electron chi connectivity index (χ2n) is 7.73. The molecule has 0 aliphatic rings. The zero-order valence-electron chi connectivity index (χ0n) is 17.8. The predicted octanol–water partition coefficient (Wildman–Crippen LogP) is 3.54. The first kappa shape index (κ1) is 19.9. The number of aromatic amines is 1. The van der Waals surface area contributed by atoms with Crippen LogP contribution in [0.5, 0.6) is 0 Å². The van der Waals surface area contributed by atoms with E-state index in [1.807, 2.05) is 45.7 Å². The molecule has 3 aromatic heterocycles. The number of carbonyl (C=O) groups is 1. The number of rotatable bonds is 5. The van der Waals surface area contributed by atoms with Gasteiger partial charge in [0.25, 0.3) is 5.91 Å². The molecule has 1 N–H and O–H groups in total. The van der Waals surface area contributed by atoms with Crippen LogP contribution in [0.15, 0.2) is 30.5 Å². The van der Waals surface area contributed by atoms with E-state index in [2.05, 4.69) is 15.2 Å². The van der Waals surface area contributed by atoms with Crippen LogP contribution < -0.4 is 0 Å². The minimum absolute atomic E-state index is 0.174. The van der Waals surface area contributed by atoms with Crippen LogP contribution in [0.3, 0.4) is 0 Å². The highest BCUT2D eigenvalue weighted by molar-refractivity contribution is 5.93. The van der Waals surface area contributed by atoms with Crippen LogP contribution in [0.2, 0.25) is 0 Å². The van der Waals surface area contributed by atoms with Crippen molar-refractivity contribution >= 4 is 16.8 Å². The number of hydrogen-bond acceptors (Lipinski definition) is 3. The molecule has 1 amide bonds. The number of halogens is 1. The Bertz CT molecular complexity index is 1230. The predicted molar refractivity (Wildman–Crippen MR) is 112 cm³/mol. The highest BCUT2D eigenvalue weighted by Crippen LogP contribution is 2.24. The first-order chi connectivity index (χ1) is 14.2. The molecule has 0 aliphatic heterocycles. The number of nitrogens with one attached hydrogen (secondary N) is 1. The lowest BCUT2D eigenvalue weighted by Gasteiger charge is -2.22. The lowest BCUT2D eigenvalue weighted by Crippen LogP contribution is -2.31. The van der Waals surface area contributed by atoms with Crippen molar-refractivity contribution in [3.8, 4) is 0 Å². The Morgan fingerprint density at radius 1 is 1.10 bits per heavy atom. The number of H-pyrrole nitrogens is 1. The molecule has 4 rings (SSSR count). The van der Waals surface area contributed by atoms with E-state index >= 15 is 0 Å². The maximum atomic E-state index is 13.8. The first-order valence-electron chi connectivity index (χ1n) is 9.79. The summed E-state index contributed by atoms with van der Waals surface area (Å²) in [5.74, 6) is -0.479. The Hall–Kier alpha value is -3.42. The second-order valence-corrected chi connectivity index (χ2v) is 7.73. The number of fused-ring (bicyclic) bond motifs is 1. The van der Waals surface area contributed by atoms with Gasteiger partial charge in [0.15, 0.2) is 5.69 Å². The van der Waals surface area contributed by atoms with Crippen molar-refractivity contribution in [3.63, 3.8) is 0 Å². The SMILES string of the molecule is Cc1nn(C)c(C)c1CN(Cc1c[nH]c2ccc(F)cc12)C(=O)c1cc(C)n(C)n1. The van der Waals surface area contributed by atoms with E-state index in [-0.39, 0.29) is 11.7 Å². The second kappa shape index (κ2) is 7.44. The standard InChI is InChI=1S/C22H25FN6O/c1-13-8-21(26-27(13)4)22(30)29(12-19-14(2)25-28(5)15(19)3)11-16-10-24-20-7-6-17(23)9-18(16)20/h6-10,24H,11-12H2,1-5H3. The average Bonchev–Trinajstić information content (AvgIpc) is 3.33. The molecule has 0 spiro atoms. The van der Waals surface area contributed by atoms with Gasteiger partial charge in [0.2, 0.25) is 0 Å². The van der Waals surface area contributed by atoms with Gasteiger partial charge in [-0.05, 0) is 50.6 Å². The molecule has 1 aromatic carbocycles. The molecule has 0 radical (unpaired) electrons. The van der Waals surface area contributed by atoms with Gasteiger partial charge < -0.3 is 9.88 Å². The molecule has 0 aliphatic carbocycles. The fraction of sp³-hybridized carbons (Fsp3) is 0.318. The van der Waals surface area contributed by atoms with E-state index in [0.717, 1.165) is 39.1 Å². The molecule has 156 valence electrons. The van der Waals surface area contributed by atoms with Crippen LogP contribution in [-0.2, 0) is 27.2 Å². The molecule has 0 saturated heterocycles. The van der Waals surface area contributed by atoms with Gasteiger partial charge in [0.05, 0.1) is 12.2 Å². The van der Waals surface area contributed by atoms with Crippen LogP contribution in [0.1, 0.15) is 38.7 Å². The summed E-state index contributed by atoms with van der Waals surface area (Å²) in [5.41, 5.74) is 5.87. The molecule has 0 bridgehead atoms.